The van der Waals surface area contributed by atoms with Crippen molar-refractivity contribution in [2.24, 2.45) is 0 Å². The first-order valence-electron chi connectivity index (χ1n) is 7.75. The van der Waals surface area contributed by atoms with Crippen LogP contribution in [0.1, 0.15) is 32.8 Å². The highest BCUT2D eigenvalue weighted by Crippen LogP contribution is 2.27. The van der Waals surface area contributed by atoms with E-state index < -0.39 is 0 Å². The fourth-order valence-electron chi connectivity index (χ4n) is 1.89. The number of carbonyl (C=O) groups is 1. The Bertz CT molecular complexity index is 520. The molecule has 0 heterocycles. The third kappa shape index (κ3) is 8.62. The van der Waals surface area contributed by atoms with Gasteiger partial charge < -0.3 is 4.74 Å². The molecule has 4 heteroatoms. The monoisotopic (exact) mass is 333 g/mol. The fraction of sp³-hybridized carbons (Fsp3) is 0.421. The van der Waals surface area contributed by atoms with Gasteiger partial charge in [0.25, 0.3) is 0 Å². The molecule has 0 fully saturated rings. The summed E-state index contributed by atoms with van der Waals surface area (Å²) < 4.78 is 7.62. The van der Waals surface area contributed by atoms with Crippen LogP contribution < -0.4 is 0 Å². The molecule has 0 aliphatic carbocycles. The Hall–Kier alpha value is -1.52. The predicted molar refractivity (Wildman–Crippen MR) is 99.1 cm³/mol. The van der Waals surface area contributed by atoms with Gasteiger partial charge in [0.1, 0.15) is 6.61 Å². The van der Waals surface area contributed by atoms with Crippen LogP contribution in [0.4, 0.5) is 0 Å². The number of rotatable bonds is 9. The summed E-state index contributed by atoms with van der Waals surface area (Å²) in [5.74, 6) is -0.326. The molecule has 1 aromatic carbocycles. The van der Waals surface area contributed by atoms with Crippen molar-refractivity contribution in [3.8, 4) is 0 Å². The number of hydrogen-bond donors (Lipinski definition) is 0. The van der Waals surface area contributed by atoms with Crippen molar-refractivity contribution in [3.63, 3.8) is 0 Å². The zero-order valence-electron chi connectivity index (χ0n) is 14.4. The molecule has 0 saturated heterocycles. The maximum Gasteiger partial charge on any atom is 0.333 e. The predicted octanol–water partition coefficient (Wildman–Crippen LogP) is 4.61. The zero-order valence-corrected chi connectivity index (χ0v) is 15.2. The molecule has 0 spiro atoms. The molecular weight excluding hydrogens is 306 g/mol. The van der Waals surface area contributed by atoms with Gasteiger partial charge in [0, 0.05) is 23.4 Å². The van der Waals surface area contributed by atoms with Crippen LogP contribution in [0.25, 0.3) is 0 Å². The average molecular weight is 333 g/mol. The molecule has 0 amide bonds. The minimum Gasteiger partial charge on any atom is -0.457 e. The number of benzene rings is 1. The molecule has 0 saturated carbocycles. The second-order valence-electron chi connectivity index (χ2n) is 6.30. The Kier molecular flexibility index (Phi) is 8.13. The van der Waals surface area contributed by atoms with Gasteiger partial charge in [0.15, 0.2) is 0 Å². The third-order valence-electron chi connectivity index (χ3n) is 2.90. The van der Waals surface area contributed by atoms with E-state index in [9.17, 15) is 4.79 Å². The highest BCUT2D eigenvalue weighted by molar-refractivity contribution is 7.98. The van der Waals surface area contributed by atoms with Gasteiger partial charge in [-0.3, -0.25) is 0 Å². The van der Waals surface area contributed by atoms with Crippen molar-refractivity contribution in [2.45, 2.75) is 38.5 Å². The van der Waals surface area contributed by atoms with E-state index in [-0.39, 0.29) is 17.3 Å². The number of nitrogens with zero attached hydrogens (tertiary/aromatic N) is 1. The van der Waals surface area contributed by atoms with E-state index in [0.717, 1.165) is 18.7 Å². The summed E-state index contributed by atoms with van der Waals surface area (Å²) in [5.41, 5.74) is 1.48. The molecule has 1 aromatic rings. The van der Waals surface area contributed by atoms with E-state index in [1.807, 2.05) is 36.4 Å². The van der Waals surface area contributed by atoms with Gasteiger partial charge in [-0.2, -0.15) is 0 Å². The second kappa shape index (κ2) is 9.58. The molecule has 1 rings (SSSR count). The van der Waals surface area contributed by atoms with Crippen LogP contribution in [0, 0.1) is 0 Å². The molecule has 0 aromatic heterocycles. The Morgan fingerprint density at radius 1 is 1.30 bits per heavy atom. The van der Waals surface area contributed by atoms with E-state index in [2.05, 4.69) is 38.2 Å². The molecule has 0 N–H and O–H groups in total. The maximum absolute atomic E-state index is 12.0. The summed E-state index contributed by atoms with van der Waals surface area (Å²) in [5, 5.41) is 0. The molecule has 0 aliphatic rings. The Balaban J connectivity index is 2.41. The fourth-order valence-corrected chi connectivity index (χ4v) is 3.03. The highest BCUT2D eigenvalue weighted by Gasteiger charge is 2.18. The number of hydrogen-bond acceptors (Lipinski definition) is 4. The molecular formula is C19H27NO2S. The van der Waals surface area contributed by atoms with Gasteiger partial charge in [-0.05, 0) is 32.8 Å². The SMILES string of the molecule is C=CCN(CCC(=C)C(=O)OCc1ccccc1)SC(C)(C)C. The second-order valence-corrected chi connectivity index (χ2v) is 8.22. The Labute approximate surface area is 144 Å². The van der Waals surface area contributed by atoms with E-state index in [0.29, 0.717) is 12.0 Å². The number of ether oxygens (including phenoxy) is 1. The standard InChI is InChI=1S/C19H27NO2S/c1-6-13-20(23-19(3,4)5)14-12-16(2)18(21)22-15-17-10-8-7-9-11-17/h6-11H,1-2,12-15H2,3-5H3. The van der Waals surface area contributed by atoms with Crippen LogP contribution in [0.3, 0.4) is 0 Å². The van der Waals surface area contributed by atoms with Crippen LogP contribution in [-0.4, -0.2) is 28.1 Å². The third-order valence-corrected chi connectivity index (χ3v) is 4.04. The average Bonchev–Trinajstić information content (AvgIpc) is 2.49. The van der Waals surface area contributed by atoms with Crippen LogP contribution in [0.2, 0.25) is 0 Å². The number of esters is 1. The first kappa shape index (κ1) is 19.5. The minimum absolute atomic E-state index is 0.123. The minimum atomic E-state index is -0.326. The van der Waals surface area contributed by atoms with Gasteiger partial charge in [-0.15, -0.1) is 6.58 Å². The van der Waals surface area contributed by atoms with Gasteiger partial charge in [0.2, 0.25) is 0 Å². The molecule has 0 unspecified atom stereocenters. The van der Waals surface area contributed by atoms with E-state index >= 15 is 0 Å². The highest BCUT2D eigenvalue weighted by atomic mass is 32.2. The summed E-state index contributed by atoms with van der Waals surface area (Å²) in [6.45, 7) is 15.9. The molecule has 126 valence electrons. The molecule has 3 nitrogen and oxygen atoms in total. The van der Waals surface area contributed by atoms with Crippen molar-refractivity contribution in [2.75, 3.05) is 13.1 Å². The van der Waals surface area contributed by atoms with Gasteiger partial charge in [0.05, 0.1) is 0 Å². The van der Waals surface area contributed by atoms with Gasteiger partial charge in [-0.25, -0.2) is 9.10 Å². The topological polar surface area (TPSA) is 29.5 Å². The summed E-state index contributed by atoms with van der Waals surface area (Å²) in [7, 11) is 0. The first-order valence-corrected chi connectivity index (χ1v) is 8.53. The quantitative estimate of drug-likeness (QED) is 0.286. The lowest BCUT2D eigenvalue weighted by molar-refractivity contribution is -0.140. The van der Waals surface area contributed by atoms with E-state index in [4.69, 9.17) is 4.74 Å². The summed E-state index contributed by atoms with van der Waals surface area (Å²) >= 11 is 1.76. The lowest BCUT2D eigenvalue weighted by Crippen LogP contribution is -2.25. The number of carbonyl (C=O) groups excluding carboxylic acids is 1. The normalized spacial score (nSPS) is 11.3. The molecule has 0 radical (unpaired) electrons. The summed E-state index contributed by atoms with van der Waals surface area (Å²) in [6, 6.07) is 9.65. The van der Waals surface area contributed by atoms with Crippen molar-refractivity contribution >= 4 is 17.9 Å². The van der Waals surface area contributed by atoms with E-state index in [1.165, 1.54) is 0 Å². The summed E-state index contributed by atoms with van der Waals surface area (Å²) in [6.07, 6.45) is 2.46. The van der Waals surface area contributed by atoms with Crippen LogP contribution in [0.15, 0.2) is 55.1 Å². The molecule has 0 bridgehead atoms. The molecule has 23 heavy (non-hydrogen) atoms. The Morgan fingerprint density at radius 2 is 1.96 bits per heavy atom. The maximum atomic E-state index is 12.0. The van der Waals surface area contributed by atoms with Crippen LogP contribution in [0.5, 0.6) is 0 Å². The lowest BCUT2D eigenvalue weighted by atomic mass is 10.2. The smallest absolute Gasteiger partial charge is 0.333 e. The first-order chi connectivity index (χ1) is 10.8. The summed E-state index contributed by atoms with van der Waals surface area (Å²) in [4.78, 5) is 12.0. The largest absolute Gasteiger partial charge is 0.457 e. The van der Waals surface area contributed by atoms with Crippen LogP contribution >= 0.6 is 11.9 Å². The van der Waals surface area contributed by atoms with Crippen molar-refractivity contribution < 1.29 is 9.53 Å². The Morgan fingerprint density at radius 3 is 2.52 bits per heavy atom. The van der Waals surface area contributed by atoms with E-state index in [1.54, 1.807) is 11.9 Å². The molecule has 0 aliphatic heterocycles. The van der Waals surface area contributed by atoms with Crippen LogP contribution in [-0.2, 0) is 16.1 Å². The molecule has 0 atom stereocenters. The van der Waals surface area contributed by atoms with Crippen molar-refractivity contribution in [1.29, 1.82) is 0 Å². The van der Waals surface area contributed by atoms with Crippen molar-refractivity contribution in [1.82, 2.24) is 4.31 Å². The zero-order chi connectivity index (χ0) is 17.3. The van der Waals surface area contributed by atoms with Gasteiger partial charge >= 0.3 is 5.97 Å². The van der Waals surface area contributed by atoms with Crippen molar-refractivity contribution in [3.05, 3.63) is 60.7 Å². The lowest BCUT2D eigenvalue weighted by Gasteiger charge is -2.27. The van der Waals surface area contributed by atoms with Gasteiger partial charge in [-0.1, -0.05) is 54.9 Å².